The molecular weight excluding hydrogens is 280 g/mol. The molecule has 0 atom stereocenters. The number of piperidine rings is 1. The SMILES string of the molecule is CC1(C)CC(C2(N)CCCCCCCCCCC2)CC(C)(C)N1. The maximum Gasteiger partial charge on any atom is 0.0184 e. The molecule has 1 heterocycles. The molecule has 2 rings (SSSR count). The third kappa shape index (κ3) is 6.05. The van der Waals surface area contributed by atoms with Gasteiger partial charge in [0.1, 0.15) is 0 Å². The number of nitrogens with two attached hydrogens (primary N) is 1. The Morgan fingerprint density at radius 1 is 0.652 bits per heavy atom. The third-order valence-electron chi connectivity index (χ3n) is 6.29. The van der Waals surface area contributed by atoms with Gasteiger partial charge in [0.15, 0.2) is 0 Å². The Bertz CT molecular complexity index is 331. The van der Waals surface area contributed by atoms with E-state index in [1.54, 1.807) is 0 Å². The quantitative estimate of drug-likeness (QED) is 0.664. The van der Waals surface area contributed by atoms with Gasteiger partial charge in [0.2, 0.25) is 0 Å². The number of hydrogen-bond acceptors (Lipinski definition) is 2. The summed E-state index contributed by atoms with van der Waals surface area (Å²) in [5.41, 5.74) is 7.62. The van der Waals surface area contributed by atoms with Crippen LogP contribution in [0.4, 0.5) is 0 Å². The molecule has 1 aliphatic heterocycles. The molecule has 0 aromatic carbocycles. The van der Waals surface area contributed by atoms with Gasteiger partial charge in [-0.2, -0.15) is 0 Å². The Balaban J connectivity index is 2.07. The highest BCUT2D eigenvalue weighted by molar-refractivity contribution is 5.04. The molecule has 1 saturated heterocycles. The van der Waals surface area contributed by atoms with Gasteiger partial charge in [0.05, 0.1) is 0 Å². The van der Waals surface area contributed by atoms with Gasteiger partial charge in [0.25, 0.3) is 0 Å². The van der Waals surface area contributed by atoms with E-state index in [1.807, 2.05) is 0 Å². The summed E-state index contributed by atoms with van der Waals surface area (Å²) in [4.78, 5) is 0. The summed E-state index contributed by atoms with van der Waals surface area (Å²) in [7, 11) is 0. The standard InChI is InChI=1S/C21H42N2/c1-19(2)16-18(17-20(3,4)23-19)21(22)14-12-10-8-6-5-7-9-11-13-15-21/h18,23H,5-17,22H2,1-4H3. The molecule has 0 bridgehead atoms. The van der Waals surface area contributed by atoms with E-state index in [9.17, 15) is 0 Å². The van der Waals surface area contributed by atoms with Crippen molar-refractivity contribution in [2.45, 2.75) is 128 Å². The molecule has 3 N–H and O–H groups in total. The topological polar surface area (TPSA) is 38.0 Å². The second-order valence-corrected chi connectivity index (χ2v) is 9.91. The van der Waals surface area contributed by atoms with Crippen LogP contribution in [0.5, 0.6) is 0 Å². The van der Waals surface area contributed by atoms with E-state index in [-0.39, 0.29) is 16.6 Å². The molecule has 2 heteroatoms. The monoisotopic (exact) mass is 322 g/mol. The smallest absolute Gasteiger partial charge is 0.0184 e. The summed E-state index contributed by atoms with van der Waals surface area (Å²) < 4.78 is 0. The maximum atomic E-state index is 7.13. The first-order valence-electron chi connectivity index (χ1n) is 10.3. The van der Waals surface area contributed by atoms with Gasteiger partial charge >= 0.3 is 0 Å². The Hall–Kier alpha value is -0.0800. The zero-order chi connectivity index (χ0) is 17.0. The highest BCUT2D eigenvalue weighted by atomic mass is 15.1. The molecule has 1 saturated carbocycles. The van der Waals surface area contributed by atoms with Gasteiger partial charge in [-0.1, -0.05) is 57.8 Å². The molecule has 23 heavy (non-hydrogen) atoms. The Labute approximate surface area is 145 Å². The zero-order valence-electron chi connectivity index (χ0n) is 16.3. The van der Waals surface area contributed by atoms with Gasteiger partial charge in [-0.15, -0.1) is 0 Å². The molecule has 136 valence electrons. The van der Waals surface area contributed by atoms with E-state index < -0.39 is 0 Å². The first-order chi connectivity index (χ1) is 10.7. The average Bonchev–Trinajstić information content (AvgIpc) is 2.39. The molecule has 0 aromatic heterocycles. The van der Waals surface area contributed by atoms with Gasteiger partial charge < -0.3 is 11.1 Å². The van der Waals surface area contributed by atoms with Crippen LogP contribution in [0, 0.1) is 5.92 Å². The number of nitrogens with one attached hydrogen (secondary N) is 1. The molecule has 2 nitrogen and oxygen atoms in total. The van der Waals surface area contributed by atoms with Crippen molar-refractivity contribution in [1.82, 2.24) is 5.32 Å². The molecular formula is C21H42N2. The van der Waals surface area contributed by atoms with Crippen LogP contribution >= 0.6 is 0 Å². The van der Waals surface area contributed by atoms with Crippen LogP contribution in [-0.4, -0.2) is 16.6 Å². The largest absolute Gasteiger partial charge is 0.325 e. The molecule has 0 spiro atoms. The van der Waals surface area contributed by atoms with Crippen molar-refractivity contribution in [1.29, 1.82) is 0 Å². The second kappa shape index (κ2) is 7.87. The van der Waals surface area contributed by atoms with E-state index >= 15 is 0 Å². The van der Waals surface area contributed by atoms with Crippen molar-refractivity contribution < 1.29 is 0 Å². The van der Waals surface area contributed by atoms with Crippen LogP contribution in [0.3, 0.4) is 0 Å². The van der Waals surface area contributed by atoms with E-state index in [0.29, 0.717) is 5.92 Å². The summed E-state index contributed by atoms with van der Waals surface area (Å²) in [6, 6.07) is 0. The van der Waals surface area contributed by atoms with E-state index in [0.717, 1.165) is 0 Å². The molecule has 2 fully saturated rings. The molecule has 0 amide bonds. The maximum absolute atomic E-state index is 7.13. The predicted octanol–water partition coefficient (Wildman–Crippen LogP) is 5.55. The van der Waals surface area contributed by atoms with Gasteiger partial charge in [0, 0.05) is 16.6 Å². The van der Waals surface area contributed by atoms with Crippen LogP contribution in [0.2, 0.25) is 0 Å². The first-order valence-corrected chi connectivity index (χ1v) is 10.3. The summed E-state index contributed by atoms with van der Waals surface area (Å²) in [5, 5.41) is 3.83. The van der Waals surface area contributed by atoms with Crippen LogP contribution in [0.25, 0.3) is 0 Å². The Kier molecular flexibility index (Phi) is 6.58. The van der Waals surface area contributed by atoms with E-state index in [4.69, 9.17) is 5.73 Å². The average molecular weight is 323 g/mol. The number of rotatable bonds is 1. The minimum absolute atomic E-state index is 0.0653. The van der Waals surface area contributed by atoms with Gasteiger partial charge in [-0.3, -0.25) is 0 Å². The Morgan fingerprint density at radius 3 is 1.39 bits per heavy atom. The Morgan fingerprint density at radius 2 is 1.00 bits per heavy atom. The van der Waals surface area contributed by atoms with Crippen molar-refractivity contribution in [2.75, 3.05) is 0 Å². The lowest BCUT2D eigenvalue weighted by Crippen LogP contribution is -2.63. The molecule has 1 aliphatic carbocycles. The normalized spacial score (nSPS) is 30.1. The van der Waals surface area contributed by atoms with Crippen molar-refractivity contribution in [3.05, 3.63) is 0 Å². The molecule has 0 radical (unpaired) electrons. The predicted molar refractivity (Wildman–Crippen MR) is 102 cm³/mol. The highest BCUT2D eigenvalue weighted by Crippen LogP contribution is 2.42. The van der Waals surface area contributed by atoms with Gasteiger partial charge in [-0.25, -0.2) is 0 Å². The lowest BCUT2D eigenvalue weighted by molar-refractivity contribution is 0.0664. The fraction of sp³-hybridized carbons (Fsp3) is 1.00. The third-order valence-corrected chi connectivity index (χ3v) is 6.29. The van der Waals surface area contributed by atoms with E-state index in [2.05, 4.69) is 33.0 Å². The van der Waals surface area contributed by atoms with Crippen molar-refractivity contribution >= 4 is 0 Å². The van der Waals surface area contributed by atoms with Crippen molar-refractivity contribution in [3.8, 4) is 0 Å². The summed E-state index contributed by atoms with van der Waals surface area (Å²) in [6.45, 7) is 9.44. The second-order valence-electron chi connectivity index (χ2n) is 9.91. The zero-order valence-corrected chi connectivity index (χ0v) is 16.3. The summed E-state index contributed by atoms with van der Waals surface area (Å²) in [6.07, 6.45) is 17.5. The lowest BCUT2D eigenvalue weighted by atomic mass is 9.65. The minimum atomic E-state index is 0.0653. The van der Waals surface area contributed by atoms with Crippen LogP contribution in [0.15, 0.2) is 0 Å². The molecule has 2 aliphatic rings. The van der Waals surface area contributed by atoms with E-state index in [1.165, 1.54) is 83.5 Å². The van der Waals surface area contributed by atoms with Crippen LogP contribution in [-0.2, 0) is 0 Å². The first kappa shape index (κ1) is 19.2. The summed E-state index contributed by atoms with van der Waals surface area (Å²) in [5.74, 6) is 0.664. The number of hydrogen-bond donors (Lipinski definition) is 2. The van der Waals surface area contributed by atoms with Gasteiger partial charge in [-0.05, 0) is 59.3 Å². The van der Waals surface area contributed by atoms with Crippen molar-refractivity contribution in [2.24, 2.45) is 11.7 Å². The molecule has 0 aromatic rings. The van der Waals surface area contributed by atoms with Crippen LogP contribution < -0.4 is 11.1 Å². The highest BCUT2D eigenvalue weighted by Gasteiger charge is 2.45. The van der Waals surface area contributed by atoms with Crippen LogP contribution in [0.1, 0.15) is 111 Å². The fourth-order valence-corrected chi connectivity index (χ4v) is 5.41. The fourth-order valence-electron chi connectivity index (χ4n) is 5.41. The summed E-state index contributed by atoms with van der Waals surface area (Å²) >= 11 is 0. The molecule has 0 unspecified atom stereocenters. The van der Waals surface area contributed by atoms with Crippen molar-refractivity contribution in [3.63, 3.8) is 0 Å². The lowest BCUT2D eigenvalue weighted by Gasteiger charge is -2.52. The minimum Gasteiger partial charge on any atom is -0.325 e.